The number of hydrogen-bond donors (Lipinski definition) is 2. The van der Waals surface area contributed by atoms with Crippen LogP contribution < -0.4 is 10.2 Å². The molecule has 4 rings (SSSR count). The number of carbonyl (C=O) groups excluding carboxylic acids is 2. The van der Waals surface area contributed by atoms with E-state index in [4.69, 9.17) is 0 Å². The van der Waals surface area contributed by atoms with Crippen molar-refractivity contribution in [2.24, 2.45) is 0 Å². The number of thiazole rings is 1. The fraction of sp³-hybridized carbons (Fsp3) is 0.353. The van der Waals surface area contributed by atoms with Gasteiger partial charge in [0.05, 0.1) is 30.6 Å². The van der Waals surface area contributed by atoms with E-state index in [0.717, 1.165) is 33.1 Å². The van der Waals surface area contributed by atoms with Crippen LogP contribution in [0.3, 0.4) is 0 Å². The van der Waals surface area contributed by atoms with Gasteiger partial charge < -0.3 is 20.2 Å². The molecule has 43 heavy (non-hydrogen) atoms. The van der Waals surface area contributed by atoms with Gasteiger partial charge in [0.2, 0.25) is 0 Å². The lowest BCUT2D eigenvalue weighted by molar-refractivity contribution is 0.0784. The van der Waals surface area contributed by atoms with Crippen molar-refractivity contribution in [3.63, 3.8) is 0 Å². The van der Waals surface area contributed by atoms with Gasteiger partial charge in [-0.25, -0.2) is 4.98 Å². The summed E-state index contributed by atoms with van der Waals surface area (Å²) in [5.74, 6) is -0.203. The molecule has 0 aliphatic rings. The molecule has 0 fully saturated rings. The van der Waals surface area contributed by atoms with Gasteiger partial charge in [-0.05, 0) is 67.1 Å². The number of likely N-dealkylation sites (N-methyl/N-ethyl adjacent to an activating group) is 1. The zero-order valence-corrected chi connectivity index (χ0v) is 26.6. The summed E-state index contributed by atoms with van der Waals surface area (Å²) >= 11 is 1.52. The number of nitrogens with zero attached hydrogens (tertiary/aromatic N) is 4. The Morgan fingerprint density at radius 3 is 2.40 bits per heavy atom. The predicted molar refractivity (Wildman–Crippen MR) is 173 cm³/mol. The first kappa shape index (κ1) is 31.8. The van der Waals surface area contributed by atoms with Gasteiger partial charge in [-0.3, -0.25) is 14.6 Å². The lowest BCUT2D eigenvalue weighted by atomic mass is 9.99. The first-order chi connectivity index (χ1) is 20.5. The molecule has 2 heterocycles. The van der Waals surface area contributed by atoms with Gasteiger partial charge in [0.1, 0.15) is 5.01 Å². The Hall–Kier alpha value is -4.08. The Kier molecular flexibility index (Phi) is 10.7. The van der Waals surface area contributed by atoms with E-state index in [0.29, 0.717) is 36.6 Å². The van der Waals surface area contributed by atoms with Crippen LogP contribution in [0.5, 0.6) is 0 Å². The minimum absolute atomic E-state index is 0.190. The number of carbonyl (C=O) groups is 2. The molecule has 9 heteroatoms. The van der Waals surface area contributed by atoms with E-state index >= 15 is 0 Å². The Balaban J connectivity index is 1.52. The molecule has 2 atom stereocenters. The number of aliphatic hydroxyl groups is 1. The summed E-state index contributed by atoms with van der Waals surface area (Å²) in [5.41, 5.74) is 5.53. The van der Waals surface area contributed by atoms with Crippen molar-refractivity contribution in [2.45, 2.75) is 58.7 Å². The monoisotopic (exact) mass is 599 g/mol. The van der Waals surface area contributed by atoms with Gasteiger partial charge >= 0.3 is 0 Å². The van der Waals surface area contributed by atoms with Gasteiger partial charge in [-0.15, -0.1) is 11.3 Å². The van der Waals surface area contributed by atoms with E-state index in [1.807, 2.05) is 67.7 Å². The van der Waals surface area contributed by atoms with E-state index < -0.39 is 12.1 Å². The minimum atomic E-state index is -0.879. The van der Waals surface area contributed by atoms with Crippen LogP contribution in [0.4, 0.5) is 5.69 Å². The predicted octanol–water partition coefficient (Wildman–Crippen LogP) is 5.39. The maximum atomic E-state index is 13.6. The number of amides is 2. The summed E-state index contributed by atoms with van der Waals surface area (Å²) in [5, 5.41) is 17.3. The third-order valence-electron chi connectivity index (χ3n) is 7.36. The fourth-order valence-corrected chi connectivity index (χ4v) is 5.72. The molecule has 2 N–H and O–H groups in total. The molecular formula is C34H41N5O3S. The summed E-state index contributed by atoms with van der Waals surface area (Å²) in [7, 11) is 3.64. The highest BCUT2D eigenvalue weighted by molar-refractivity contribution is 7.09. The second-order valence-corrected chi connectivity index (χ2v) is 12.4. The van der Waals surface area contributed by atoms with E-state index in [1.54, 1.807) is 36.3 Å². The molecule has 0 aliphatic heterocycles. The number of nitrogens with one attached hydrogen (secondary N) is 1. The highest BCUT2D eigenvalue weighted by Crippen LogP contribution is 2.21. The molecule has 2 aromatic carbocycles. The van der Waals surface area contributed by atoms with Crippen molar-refractivity contribution >= 4 is 28.8 Å². The zero-order chi connectivity index (χ0) is 31.1. The minimum Gasteiger partial charge on any atom is -0.389 e. The van der Waals surface area contributed by atoms with Gasteiger partial charge in [0.15, 0.2) is 0 Å². The smallest absolute Gasteiger partial charge is 0.254 e. The summed E-state index contributed by atoms with van der Waals surface area (Å²) in [4.78, 5) is 39.3. The third-order valence-corrected chi connectivity index (χ3v) is 8.32. The second kappa shape index (κ2) is 14.4. The normalized spacial score (nSPS) is 12.6. The fourth-order valence-electron chi connectivity index (χ4n) is 4.89. The Morgan fingerprint density at radius 1 is 1.00 bits per heavy atom. The highest BCUT2D eigenvalue weighted by atomic mass is 32.1. The lowest BCUT2D eigenvalue weighted by Crippen LogP contribution is -2.49. The number of aliphatic hydroxyl groups excluding tert-OH is 1. The summed E-state index contributed by atoms with van der Waals surface area (Å²) in [6.45, 7) is 8.70. The number of hydrogen-bond acceptors (Lipinski definition) is 7. The van der Waals surface area contributed by atoms with E-state index in [-0.39, 0.29) is 11.8 Å². The average molecular weight is 600 g/mol. The molecule has 0 bridgehead atoms. The number of aromatic nitrogens is 2. The molecule has 8 nitrogen and oxygen atoms in total. The van der Waals surface area contributed by atoms with Crippen LogP contribution >= 0.6 is 11.3 Å². The lowest BCUT2D eigenvalue weighted by Gasteiger charge is -2.29. The molecule has 0 aliphatic carbocycles. The molecule has 4 aromatic rings. The molecule has 0 saturated heterocycles. The second-order valence-electron chi connectivity index (χ2n) is 11.5. The first-order valence-electron chi connectivity index (χ1n) is 14.5. The standard InChI is InChI=1S/C34H41N5O3S/c1-22(2)28-16-29(18-35-17-28)38(5)19-31(40)30(14-25-10-8-7-9-11-25)37-33(41)26-12-23(3)13-27(15-26)34(42)39(6)20-32-36-24(4)21-43-32/h7-13,15-18,21-22,30-31,40H,14,19-20H2,1-6H3,(H,37,41)/t30-,31+/m0/s1. The van der Waals surface area contributed by atoms with Crippen LogP contribution in [0.25, 0.3) is 0 Å². The number of anilines is 1. The highest BCUT2D eigenvalue weighted by Gasteiger charge is 2.25. The Bertz CT molecular complexity index is 1540. The number of pyridine rings is 1. The van der Waals surface area contributed by atoms with Gasteiger partial charge in [0, 0.05) is 49.0 Å². The van der Waals surface area contributed by atoms with Gasteiger partial charge in [0.25, 0.3) is 11.8 Å². The zero-order valence-electron chi connectivity index (χ0n) is 25.7. The van der Waals surface area contributed by atoms with E-state index in [1.165, 1.54) is 11.3 Å². The van der Waals surface area contributed by atoms with Crippen molar-refractivity contribution < 1.29 is 14.7 Å². The van der Waals surface area contributed by atoms with Crippen LogP contribution in [0.1, 0.15) is 67.9 Å². The molecule has 2 aromatic heterocycles. The molecule has 0 spiro atoms. The third kappa shape index (κ3) is 8.72. The maximum absolute atomic E-state index is 13.6. The van der Waals surface area contributed by atoms with Gasteiger partial charge in [-0.2, -0.15) is 0 Å². The number of rotatable bonds is 12. The maximum Gasteiger partial charge on any atom is 0.254 e. The van der Waals surface area contributed by atoms with Crippen LogP contribution in [-0.4, -0.2) is 64.6 Å². The van der Waals surface area contributed by atoms with Gasteiger partial charge in [-0.1, -0.05) is 44.2 Å². The SMILES string of the molecule is Cc1cc(C(=O)N[C@@H](Cc2ccccc2)[C@H](O)CN(C)c2cncc(C(C)C)c2)cc(C(=O)N(C)Cc2nc(C)cs2)c1. The van der Waals surface area contributed by atoms with E-state index in [9.17, 15) is 14.7 Å². The average Bonchev–Trinajstić information content (AvgIpc) is 3.40. The van der Waals surface area contributed by atoms with Crippen molar-refractivity contribution in [1.29, 1.82) is 0 Å². The molecule has 226 valence electrons. The molecular weight excluding hydrogens is 558 g/mol. The molecule has 2 amide bonds. The van der Waals surface area contributed by atoms with Crippen molar-refractivity contribution in [1.82, 2.24) is 20.2 Å². The van der Waals surface area contributed by atoms with Crippen molar-refractivity contribution in [3.8, 4) is 0 Å². The molecule has 0 radical (unpaired) electrons. The summed E-state index contributed by atoms with van der Waals surface area (Å²) in [6.07, 6.45) is 3.20. The van der Waals surface area contributed by atoms with Crippen LogP contribution in [0.2, 0.25) is 0 Å². The topological polar surface area (TPSA) is 98.7 Å². The summed E-state index contributed by atoms with van der Waals surface area (Å²) in [6, 6.07) is 16.5. The number of aryl methyl sites for hydroxylation is 2. The Labute approximate surface area is 258 Å². The van der Waals surface area contributed by atoms with Crippen molar-refractivity contribution in [3.05, 3.63) is 111 Å². The largest absolute Gasteiger partial charge is 0.389 e. The van der Waals surface area contributed by atoms with Crippen LogP contribution in [-0.2, 0) is 13.0 Å². The number of benzene rings is 2. The molecule has 0 saturated carbocycles. The van der Waals surface area contributed by atoms with E-state index in [2.05, 4.69) is 35.2 Å². The van der Waals surface area contributed by atoms with Crippen molar-refractivity contribution in [2.75, 3.05) is 25.5 Å². The van der Waals surface area contributed by atoms with Crippen LogP contribution in [0.15, 0.2) is 72.4 Å². The first-order valence-corrected chi connectivity index (χ1v) is 15.3. The Morgan fingerprint density at radius 2 is 1.72 bits per heavy atom. The quantitative estimate of drug-likeness (QED) is 0.227. The summed E-state index contributed by atoms with van der Waals surface area (Å²) < 4.78 is 0. The molecule has 0 unspecified atom stereocenters. The van der Waals surface area contributed by atoms with Crippen LogP contribution in [0, 0.1) is 13.8 Å².